The maximum Gasteiger partial charge on any atom is 0.125 e. The van der Waals surface area contributed by atoms with Gasteiger partial charge in [-0.25, -0.2) is 4.39 Å². The van der Waals surface area contributed by atoms with Gasteiger partial charge in [-0.05, 0) is 24.1 Å². The number of anilines is 1. The van der Waals surface area contributed by atoms with Crippen molar-refractivity contribution in [1.82, 2.24) is 0 Å². The Morgan fingerprint density at radius 2 is 2.20 bits per heavy atom. The highest BCUT2D eigenvalue weighted by atomic mass is 19.1. The van der Waals surface area contributed by atoms with E-state index in [1.165, 1.54) is 12.1 Å². The minimum Gasteiger partial charge on any atom is -0.384 e. The lowest BCUT2D eigenvalue weighted by Crippen LogP contribution is -2.17. The number of rotatable bonds is 0. The van der Waals surface area contributed by atoms with Crippen LogP contribution in [0.1, 0.15) is 23.5 Å². The number of halogens is 1. The van der Waals surface area contributed by atoms with Gasteiger partial charge < -0.3 is 5.32 Å². The van der Waals surface area contributed by atoms with Crippen LogP contribution >= 0.6 is 0 Å². The summed E-state index contributed by atoms with van der Waals surface area (Å²) in [5.74, 6) is -0.779. The summed E-state index contributed by atoms with van der Waals surface area (Å²) in [5.41, 5.74) is 1.47. The lowest BCUT2D eigenvalue weighted by Gasteiger charge is -2.22. The average molecular weight is 201 g/mol. The molecule has 4 heteroatoms. The Morgan fingerprint density at radius 1 is 1.40 bits per heavy atom. The highest BCUT2D eigenvalue weighted by Gasteiger charge is 2.22. The Labute approximate surface area is 86.8 Å². The van der Waals surface area contributed by atoms with Gasteiger partial charge in [0.2, 0.25) is 0 Å². The summed E-state index contributed by atoms with van der Waals surface area (Å²) < 4.78 is 13.2. The number of hydrogen-bond donors (Lipinski definition) is 1. The van der Waals surface area contributed by atoms with Gasteiger partial charge in [-0.15, -0.1) is 0 Å². The van der Waals surface area contributed by atoms with Gasteiger partial charge in [-0.2, -0.15) is 10.5 Å². The zero-order valence-electron chi connectivity index (χ0n) is 7.92. The molecule has 1 aromatic carbocycles. The normalized spacial score (nSPS) is 18.2. The minimum absolute atomic E-state index is 0.268. The third-order valence-electron chi connectivity index (χ3n) is 2.52. The van der Waals surface area contributed by atoms with Gasteiger partial charge in [0.05, 0.1) is 23.2 Å². The maximum atomic E-state index is 13.2. The first-order chi connectivity index (χ1) is 7.26. The van der Waals surface area contributed by atoms with Crippen molar-refractivity contribution in [3.05, 3.63) is 29.1 Å². The molecular formula is C11H8FN3. The summed E-state index contributed by atoms with van der Waals surface area (Å²) in [5, 5.41) is 20.8. The third kappa shape index (κ3) is 1.51. The van der Waals surface area contributed by atoms with Crippen LogP contribution in [0, 0.1) is 28.5 Å². The van der Waals surface area contributed by atoms with E-state index < -0.39 is 5.82 Å². The number of fused-ring (bicyclic) bond motifs is 1. The molecule has 1 aromatic rings. The van der Waals surface area contributed by atoms with Gasteiger partial charge >= 0.3 is 0 Å². The molecule has 0 fully saturated rings. The average Bonchev–Trinajstić information content (AvgIpc) is 2.27. The fourth-order valence-corrected chi connectivity index (χ4v) is 1.82. The van der Waals surface area contributed by atoms with Gasteiger partial charge in [0, 0.05) is 6.54 Å². The van der Waals surface area contributed by atoms with E-state index in [9.17, 15) is 4.39 Å². The van der Waals surface area contributed by atoms with Crippen LogP contribution in [0.3, 0.4) is 0 Å². The van der Waals surface area contributed by atoms with E-state index in [4.69, 9.17) is 10.5 Å². The molecule has 1 aliphatic rings. The van der Waals surface area contributed by atoms with Crippen LogP contribution in [0.25, 0.3) is 0 Å². The van der Waals surface area contributed by atoms with Crippen molar-refractivity contribution >= 4 is 5.69 Å². The summed E-state index contributed by atoms with van der Waals surface area (Å²) in [6, 6.07) is 6.57. The quantitative estimate of drug-likeness (QED) is 0.699. The Bertz CT molecular complexity index is 482. The monoisotopic (exact) mass is 201 g/mol. The van der Waals surface area contributed by atoms with E-state index in [-0.39, 0.29) is 11.5 Å². The third-order valence-corrected chi connectivity index (χ3v) is 2.52. The van der Waals surface area contributed by atoms with E-state index >= 15 is 0 Å². The number of benzene rings is 1. The molecule has 2 rings (SSSR count). The maximum absolute atomic E-state index is 13.2. The van der Waals surface area contributed by atoms with Crippen molar-refractivity contribution in [3.8, 4) is 12.1 Å². The van der Waals surface area contributed by atoms with Crippen LogP contribution in [0.2, 0.25) is 0 Å². The second-order valence-corrected chi connectivity index (χ2v) is 3.43. The Morgan fingerprint density at radius 3 is 2.87 bits per heavy atom. The second kappa shape index (κ2) is 3.59. The van der Waals surface area contributed by atoms with Crippen molar-refractivity contribution in [2.24, 2.45) is 0 Å². The Kier molecular flexibility index (Phi) is 2.27. The van der Waals surface area contributed by atoms with Gasteiger partial charge in [-0.3, -0.25) is 0 Å². The van der Waals surface area contributed by atoms with Crippen molar-refractivity contribution in [1.29, 1.82) is 10.5 Å². The number of nitrogens with one attached hydrogen (secondary N) is 1. The van der Waals surface area contributed by atoms with Crippen molar-refractivity contribution in [2.75, 3.05) is 11.9 Å². The van der Waals surface area contributed by atoms with E-state index in [0.29, 0.717) is 24.2 Å². The molecule has 3 nitrogen and oxygen atoms in total. The number of nitriles is 2. The minimum atomic E-state index is -0.464. The molecule has 15 heavy (non-hydrogen) atoms. The molecule has 0 amide bonds. The zero-order chi connectivity index (χ0) is 10.8. The molecule has 0 saturated carbocycles. The molecular weight excluding hydrogens is 193 g/mol. The molecule has 0 bridgehead atoms. The molecule has 1 N–H and O–H groups in total. The molecule has 0 radical (unpaired) electrons. The van der Waals surface area contributed by atoms with Gasteiger partial charge in [-0.1, -0.05) is 0 Å². The number of hydrogen-bond acceptors (Lipinski definition) is 3. The molecule has 1 heterocycles. The first-order valence-corrected chi connectivity index (χ1v) is 4.63. The predicted octanol–water partition coefficient (Wildman–Crippen LogP) is 2.12. The fourth-order valence-electron chi connectivity index (χ4n) is 1.82. The van der Waals surface area contributed by atoms with Crippen LogP contribution in [0.15, 0.2) is 12.1 Å². The molecule has 0 aliphatic carbocycles. The fraction of sp³-hybridized carbons (Fsp3) is 0.273. The van der Waals surface area contributed by atoms with Crippen molar-refractivity contribution < 1.29 is 4.39 Å². The summed E-state index contributed by atoms with van der Waals surface area (Å²) in [6.07, 6.45) is 0.651. The molecule has 74 valence electrons. The Balaban J connectivity index is 2.63. The van der Waals surface area contributed by atoms with E-state index in [0.717, 1.165) is 0 Å². The van der Waals surface area contributed by atoms with E-state index in [2.05, 4.69) is 11.4 Å². The summed E-state index contributed by atoms with van der Waals surface area (Å²) in [7, 11) is 0. The highest BCUT2D eigenvalue weighted by Crippen LogP contribution is 2.34. The topological polar surface area (TPSA) is 59.6 Å². The lowest BCUT2D eigenvalue weighted by atomic mass is 9.90. The van der Waals surface area contributed by atoms with Crippen LogP contribution in [0.5, 0.6) is 0 Å². The molecule has 1 unspecified atom stereocenters. The van der Waals surface area contributed by atoms with Crippen molar-refractivity contribution in [2.45, 2.75) is 12.3 Å². The van der Waals surface area contributed by atoms with Gasteiger partial charge in [0.15, 0.2) is 0 Å². The van der Waals surface area contributed by atoms with Crippen LogP contribution < -0.4 is 5.32 Å². The van der Waals surface area contributed by atoms with Gasteiger partial charge in [0.25, 0.3) is 0 Å². The summed E-state index contributed by atoms with van der Waals surface area (Å²) >= 11 is 0. The predicted molar refractivity (Wildman–Crippen MR) is 52.6 cm³/mol. The molecule has 0 aromatic heterocycles. The van der Waals surface area contributed by atoms with Crippen molar-refractivity contribution in [3.63, 3.8) is 0 Å². The zero-order valence-corrected chi connectivity index (χ0v) is 7.92. The summed E-state index contributed by atoms with van der Waals surface area (Å²) in [4.78, 5) is 0. The number of nitrogens with zero attached hydrogens (tertiary/aromatic N) is 2. The highest BCUT2D eigenvalue weighted by molar-refractivity contribution is 5.66. The molecule has 0 spiro atoms. The van der Waals surface area contributed by atoms with E-state index in [1.807, 2.05) is 6.07 Å². The summed E-state index contributed by atoms with van der Waals surface area (Å²) in [6.45, 7) is 0.644. The SMILES string of the molecule is N#Cc1cc(F)cc2c1NCCC2C#N. The molecule has 1 aliphatic heterocycles. The smallest absolute Gasteiger partial charge is 0.125 e. The largest absolute Gasteiger partial charge is 0.384 e. The Hall–Kier alpha value is -2.07. The standard InChI is InChI=1S/C11H8FN3/c12-9-3-8(6-14)11-10(4-9)7(5-13)1-2-15-11/h3-4,7,15H,1-2H2. The van der Waals surface area contributed by atoms with Gasteiger partial charge in [0.1, 0.15) is 11.9 Å². The first kappa shape index (κ1) is 9.48. The second-order valence-electron chi connectivity index (χ2n) is 3.43. The molecule has 1 atom stereocenters. The molecule has 0 saturated heterocycles. The van der Waals surface area contributed by atoms with Crippen LogP contribution in [0.4, 0.5) is 10.1 Å². The first-order valence-electron chi connectivity index (χ1n) is 4.63. The lowest BCUT2D eigenvalue weighted by molar-refractivity contribution is 0.620. The van der Waals surface area contributed by atoms with Crippen LogP contribution in [-0.2, 0) is 0 Å². The van der Waals surface area contributed by atoms with E-state index in [1.54, 1.807) is 0 Å². The van der Waals surface area contributed by atoms with Crippen LogP contribution in [-0.4, -0.2) is 6.54 Å².